The largest absolute Gasteiger partial charge is 0.493 e. The van der Waals surface area contributed by atoms with Crippen LogP contribution < -0.4 is 5.32 Å². The van der Waals surface area contributed by atoms with Crippen LogP contribution in [-0.4, -0.2) is 28.0 Å². The van der Waals surface area contributed by atoms with Gasteiger partial charge in [-0.15, -0.1) is 10.2 Å². The molecule has 1 aromatic heterocycles. The van der Waals surface area contributed by atoms with E-state index in [4.69, 9.17) is 0 Å². The SMILES string of the molecule is Cn1c(O)c(N=NC(=O)CNC(=O)c2ccccc2F)c2ccccc21. The molecule has 3 aromatic rings. The van der Waals surface area contributed by atoms with Crippen molar-refractivity contribution < 1.29 is 19.1 Å². The number of rotatable bonds is 4. The number of carbonyl (C=O) groups is 2. The minimum absolute atomic E-state index is 0.127. The van der Waals surface area contributed by atoms with E-state index in [1.165, 1.54) is 22.8 Å². The van der Waals surface area contributed by atoms with Crippen molar-refractivity contribution in [3.8, 4) is 5.88 Å². The van der Waals surface area contributed by atoms with Crippen molar-refractivity contribution >= 4 is 28.4 Å². The van der Waals surface area contributed by atoms with Gasteiger partial charge in [0.2, 0.25) is 5.88 Å². The lowest BCUT2D eigenvalue weighted by Gasteiger charge is -2.03. The predicted molar refractivity (Wildman–Crippen MR) is 92.8 cm³/mol. The minimum atomic E-state index is -0.734. The number of nitrogens with zero attached hydrogens (tertiary/aromatic N) is 3. The number of azo groups is 1. The number of aryl methyl sites for hydroxylation is 1. The number of para-hydroxylation sites is 1. The van der Waals surface area contributed by atoms with Crippen LogP contribution in [0.3, 0.4) is 0 Å². The molecule has 7 nitrogen and oxygen atoms in total. The summed E-state index contributed by atoms with van der Waals surface area (Å²) in [7, 11) is 1.66. The van der Waals surface area contributed by atoms with Crippen LogP contribution in [0.25, 0.3) is 10.9 Å². The molecule has 132 valence electrons. The molecule has 26 heavy (non-hydrogen) atoms. The Bertz CT molecular complexity index is 1030. The summed E-state index contributed by atoms with van der Waals surface area (Å²) in [5.41, 5.74) is 0.736. The fraction of sp³-hybridized carbons (Fsp3) is 0.111. The fourth-order valence-electron chi connectivity index (χ4n) is 2.50. The van der Waals surface area contributed by atoms with E-state index in [2.05, 4.69) is 15.5 Å². The second kappa shape index (κ2) is 7.14. The van der Waals surface area contributed by atoms with Crippen molar-refractivity contribution in [2.45, 2.75) is 0 Å². The maximum atomic E-state index is 13.5. The normalized spacial score (nSPS) is 11.2. The maximum Gasteiger partial charge on any atom is 0.283 e. The van der Waals surface area contributed by atoms with Gasteiger partial charge in [-0.05, 0) is 18.2 Å². The summed E-state index contributed by atoms with van der Waals surface area (Å²) in [6.07, 6.45) is 0. The molecule has 0 saturated heterocycles. The quantitative estimate of drug-likeness (QED) is 0.705. The number of halogens is 1. The molecule has 0 bridgehead atoms. The zero-order chi connectivity index (χ0) is 18.7. The molecule has 0 spiro atoms. The molecule has 0 atom stereocenters. The lowest BCUT2D eigenvalue weighted by Crippen LogP contribution is -2.29. The number of fused-ring (bicyclic) bond motifs is 1. The highest BCUT2D eigenvalue weighted by Crippen LogP contribution is 2.37. The molecule has 0 aliphatic carbocycles. The van der Waals surface area contributed by atoms with E-state index < -0.39 is 24.2 Å². The van der Waals surface area contributed by atoms with Crippen LogP contribution >= 0.6 is 0 Å². The second-order valence-corrected chi connectivity index (χ2v) is 5.50. The fourth-order valence-corrected chi connectivity index (χ4v) is 2.50. The summed E-state index contributed by atoms with van der Waals surface area (Å²) in [6, 6.07) is 12.6. The smallest absolute Gasteiger partial charge is 0.283 e. The van der Waals surface area contributed by atoms with Crippen LogP contribution in [0.1, 0.15) is 10.4 Å². The van der Waals surface area contributed by atoms with E-state index >= 15 is 0 Å². The maximum absolute atomic E-state index is 13.5. The van der Waals surface area contributed by atoms with E-state index in [-0.39, 0.29) is 17.1 Å². The van der Waals surface area contributed by atoms with Crippen LogP contribution in [0.4, 0.5) is 10.1 Å². The summed E-state index contributed by atoms with van der Waals surface area (Å²) >= 11 is 0. The summed E-state index contributed by atoms with van der Waals surface area (Å²) in [4.78, 5) is 23.7. The van der Waals surface area contributed by atoms with Gasteiger partial charge < -0.3 is 15.0 Å². The molecule has 0 radical (unpaired) electrons. The lowest BCUT2D eigenvalue weighted by atomic mass is 10.2. The first-order valence-corrected chi connectivity index (χ1v) is 7.72. The van der Waals surface area contributed by atoms with Gasteiger partial charge >= 0.3 is 0 Å². The van der Waals surface area contributed by atoms with Crippen molar-refractivity contribution in [3.63, 3.8) is 0 Å². The third kappa shape index (κ3) is 3.30. The van der Waals surface area contributed by atoms with Crippen LogP contribution in [0.15, 0.2) is 58.8 Å². The number of benzene rings is 2. The van der Waals surface area contributed by atoms with Crippen LogP contribution in [0, 0.1) is 5.82 Å². The number of hydrogen-bond acceptors (Lipinski definition) is 4. The third-order valence-corrected chi connectivity index (χ3v) is 3.83. The Morgan fingerprint density at radius 1 is 1.15 bits per heavy atom. The van der Waals surface area contributed by atoms with E-state index in [0.29, 0.717) is 5.39 Å². The molecule has 0 unspecified atom stereocenters. The van der Waals surface area contributed by atoms with E-state index in [0.717, 1.165) is 11.6 Å². The molecule has 0 saturated carbocycles. The first kappa shape index (κ1) is 17.3. The van der Waals surface area contributed by atoms with E-state index in [1.807, 2.05) is 6.07 Å². The van der Waals surface area contributed by atoms with Crippen molar-refractivity contribution in [2.24, 2.45) is 17.3 Å². The summed E-state index contributed by atoms with van der Waals surface area (Å²) in [6.45, 7) is -0.442. The molecule has 2 N–H and O–H groups in total. The number of aromatic nitrogens is 1. The summed E-state index contributed by atoms with van der Waals surface area (Å²) in [5, 5.41) is 20.4. The molecular formula is C18H15FN4O3. The Labute approximate surface area is 147 Å². The minimum Gasteiger partial charge on any atom is -0.493 e. The van der Waals surface area contributed by atoms with Crippen molar-refractivity contribution in [1.29, 1.82) is 0 Å². The molecule has 2 aromatic carbocycles. The van der Waals surface area contributed by atoms with Crippen LogP contribution in [0.2, 0.25) is 0 Å². The second-order valence-electron chi connectivity index (χ2n) is 5.50. The molecule has 2 amide bonds. The highest BCUT2D eigenvalue weighted by atomic mass is 19.1. The Kier molecular flexibility index (Phi) is 4.74. The van der Waals surface area contributed by atoms with Gasteiger partial charge in [0.05, 0.1) is 11.1 Å². The Hall–Kier alpha value is -3.55. The number of aromatic hydroxyl groups is 1. The van der Waals surface area contributed by atoms with Gasteiger partial charge in [-0.1, -0.05) is 30.3 Å². The summed E-state index contributed by atoms with van der Waals surface area (Å²) in [5.74, 6) is -2.26. The topological polar surface area (TPSA) is 96.0 Å². The molecule has 0 aliphatic heterocycles. The number of carbonyl (C=O) groups excluding carboxylic acids is 2. The zero-order valence-corrected chi connectivity index (χ0v) is 13.8. The number of amides is 2. The monoisotopic (exact) mass is 354 g/mol. The number of hydrogen-bond donors (Lipinski definition) is 2. The predicted octanol–water partition coefficient (Wildman–Crippen LogP) is 3.06. The van der Waals surface area contributed by atoms with Gasteiger partial charge in [0, 0.05) is 12.4 Å². The van der Waals surface area contributed by atoms with Gasteiger partial charge in [0.15, 0.2) is 5.69 Å². The van der Waals surface area contributed by atoms with Gasteiger partial charge in [0.1, 0.15) is 12.4 Å². The average Bonchev–Trinajstić information content (AvgIpc) is 2.89. The Balaban J connectivity index is 1.70. The lowest BCUT2D eigenvalue weighted by molar-refractivity contribution is -0.117. The highest BCUT2D eigenvalue weighted by Gasteiger charge is 2.15. The van der Waals surface area contributed by atoms with E-state index in [9.17, 15) is 19.1 Å². The molecule has 1 heterocycles. The van der Waals surface area contributed by atoms with Crippen molar-refractivity contribution in [2.75, 3.05) is 6.54 Å². The van der Waals surface area contributed by atoms with Crippen LogP contribution in [0.5, 0.6) is 5.88 Å². The summed E-state index contributed by atoms with van der Waals surface area (Å²) < 4.78 is 15.0. The Morgan fingerprint density at radius 3 is 2.62 bits per heavy atom. The zero-order valence-electron chi connectivity index (χ0n) is 13.8. The standard InChI is InChI=1S/C18H15FN4O3/c1-23-14-9-5-3-7-12(14)16(18(23)26)22-21-15(24)10-20-17(25)11-6-2-4-8-13(11)19/h2-9,26H,10H2,1H3,(H,20,25). The van der Waals surface area contributed by atoms with Crippen molar-refractivity contribution in [1.82, 2.24) is 9.88 Å². The van der Waals surface area contributed by atoms with Gasteiger partial charge in [-0.3, -0.25) is 9.59 Å². The van der Waals surface area contributed by atoms with E-state index in [1.54, 1.807) is 25.2 Å². The van der Waals surface area contributed by atoms with Crippen LogP contribution in [-0.2, 0) is 11.8 Å². The molecule has 8 heteroatoms. The first-order valence-electron chi connectivity index (χ1n) is 7.72. The third-order valence-electron chi connectivity index (χ3n) is 3.83. The molecule has 0 aliphatic rings. The van der Waals surface area contributed by atoms with Gasteiger partial charge in [0.25, 0.3) is 11.8 Å². The first-order chi connectivity index (χ1) is 12.5. The average molecular weight is 354 g/mol. The molecular weight excluding hydrogens is 339 g/mol. The van der Waals surface area contributed by atoms with Gasteiger partial charge in [-0.2, -0.15) is 0 Å². The highest BCUT2D eigenvalue weighted by molar-refractivity contribution is 5.97. The molecule has 0 fully saturated rings. The molecule has 3 rings (SSSR count). The Morgan fingerprint density at radius 2 is 1.85 bits per heavy atom. The van der Waals surface area contributed by atoms with Crippen molar-refractivity contribution in [3.05, 3.63) is 59.9 Å². The van der Waals surface area contributed by atoms with Gasteiger partial charge in [-0.25, -0.2) is 4.39 Å². The number of nitrogens with one attached hydrogen (secondary N) is 1.